The van der Waals surface area contributed by atoms with Gasteiger partial charge in [-0.1, -0.05) is 17.7 Å². The minimum atomic E-state index is -0.0155. The number of halogens is 1. The van der Waals surface area contributed by atoms with Crippen LogP contribution in [0.15, 0.2) is 12.1 Å². The van der Waals surface area contributed by atoms with Gasteiger partial charge < -0.3 is 14.2 Å². The molecule has 26 heavy (non-hydrogen) atoms. The Morgan fingerprint density at radius 2 is 2.04 bits per heavy atom. The molecule has 5 rings (SSSR count). The molecule has 1 saturated carbocycles. The summed E-state index contributed by atoms with van der Waals surface area (Å²) in [4.78, 5) is 0. The first-order valence-electron chi connectivity index (χ1n) is 9.15. The maximum Gasteiger partial charge on any atom is 0.188 e. The van der Waals surface area contributed by atoms with E-state index >= 15 is 0 Å². The van der Waals surface area contributed by atoms with Crippen LogP contribution in [0.4, 0.5) is 0 Å². The van der Waals surface area contributed by atoms with Crippen molar-refractivity contribution in [3.8, 4) is 17.0 Å². The number of aromatic nitrogens is 2. The highest BCUT2D eigenvalue weighted by atomic mass is 35.5. The number of benzene rings is 1. The molecule has 0 unspecified atom stereocenters. The van der Waals surface area contributed by atoms with Gasteiger partial charge in [0.25, 0.3) is 0 Å². The van der Waals surface area contributed by atoms with Gasteiger partial charge >= 0.3 is 0 Å². The molecule has 1 aliphatic heterocycles. The van der Waals surface area contributed by atoms with Crippen molar-refractivity contribution in [3.63, 3.8) is 0 Å². The molecule has 1 spiro atoms. The lowest BCUT2D eigenvalue weighted by Crippen LogP contribution is -2.25. The van der Waals surface area contributed by atoms with Crippen LogP contribution in [0.3, 0.4) is 0 Å². The average molecular weight is 373 g/mol. The maximum absolute atomic E-state index is 6.33. The van der Waals surface area contributed by atoms with Crippen LogP contribution < -0.4 is 4.74 Å². The zero-order chi connectivity index (χ0) is 17.7. The standard InChI is InChI=1S/C20H21ClN2O3/c1-24-11-25-18-13-4-2-3-12(13)5-6-14(18)17-15-9-20(7-8-20)26-10-16(15)19(21)23-22-17/h5-6H,2-4,7-11H2,1H3. The molecule has 0 saturated heterocycles. The number of hydrogen-bond acceptors (Lipinski definition) is 5. The lowest BCUT2D eigenvalue weighted by atomic mass is 9.92. The van der Waals surface area contributed by atoms with E-state index in [0.29, 0.717) is 11.8 Å². The van der Waals surface area contributed by atoms with Crippen LogP contribution in [0.2, 0.25) is 5.15 Å². The maximum atomic E-state index is 6.33. The number of hydrogen-bond donors (Lipinski definition) is 0. The van der Waals surface area contributed by atoms with Gasteiger partial charge in [0.15, 0.2) is 11.9 Å². The largest absolute Gasteiger partial charge is 0.467 e. The van der Waals surface area contributed by atoms with Gasteiger partial charge in [0, 0.05) is 24.7 Å². The van der Waals surface area contributed by atoms with E-state index < -0.39 is 0 Å². The number of nitrogens with zero attached hydrogens (tertiary/aromatic N) is 2. The Hall–Kier alpha value is -1.69. The fourth-order valence-corrected chi connectivity index (χ4v) is 4.40. The summed E-state index contributed by atoms with van der Waals surface area (Å²) in [5.41, 5.74) is 6.61. The second-order valence-corrected chi connectivity index (χ2v) is 7.79. The summed E-state index contributed by atoms with van der Waals surface area (Å²) >= 11 is 6.33. The van der Waals surface area contributed by atoms with Gasteiger partial charge in [0.2, 0.25) is 0 Å². The van der Waals surface area contributed by atoms with Crippen LogP contribution in [0.5, 0.6) is 5.75 Å². The van der Waals surface area contributed by atoms with Gasteiger partial charge in [-0.15, -0.1) is 10.2 Å². The van der Waals surface area contributed by atoms with Gasteiger partial charge in [-0.3, -0.25) is 0 Å². The Labute approximate surface area is 157 Å². The van der Waals surface area contributed by atoms with Crippen LogP contribution in [0.25, 0.3) is 11.3 Å². The van der Waals surface area contributed by atoms with Crippen molar-refractivity contribution in [3.05, 3.63) is 39.5 Å². The zero-order valence-corrected chi connectivity index (χ0v) is 15.6. The summed E-state index contributed by atoms with van der Waals surface area (Å²) < 4.78 is 17.2. The minimum absolute atomic E-state index is 0.0155. The van der Waals surface area contributed by atoms with Crippen molar-refractivity contribution in [2.24, 2.45) is 0 Å². The van der Waals surface area contributed by atoms with Crippen molar-refractivity contribution in [2.45, 2.75) is 50.7 Å². The molecule has 6 heteroatoms. The van der Waals surface area contributed by atoms with E-state index in [2.05, 4.69) is 22.3 Å². The predicted octanol–water partition coefficient (Wildman–Crippen LogP) is 3.87. The van der Waals surface area contributed by atoms with Crippen molar-refractivity contribution >= 4 is 11.6 Å². The summed E-state index contributed by atoms with van der Waals surface area (Å²) in [6.45, 7) is 0.732. The quantitative estimate of drug-likeness (QED) is 0.762. The molecule has 136 valence electrons. The molecular formula is C20H21ClN2O3. The molecule has 1 aromatic heterocycles. The van der Waals surface area contributed by atoms with E-state index in [4.69, 9.17) is 25.8 Å². The van der Waals surface area contributed by atoms with E-state index in [0.717, 1.165) is 66.7 Å². The Balaban J connectivity index is 1.67. The van der Waals surface area contributed by atoms with Crippen molar-refractivity contribution in [1.82, 2.24) is 10.2 Å². The summed E-state index contributed by atoms with van der Waals surface area (Å²) in [6.07, 6.45) is 6.32. The lowest BCUT2D eigenvalue weighted by molar-refractivity contribution is 0.00796. The van der Waals surface area contributed by atoms with Gasteiger partial charge in [-0.2, -0.15) is 0 Å². The van der Waals surface area contributed by atoms with Gasteiger partial charge in [0.1, 0.15) is 11.4 Å². The summed E-state index contributed by atoms with van der Waals surface area (Å²) in [5.74, 6) is 0.886. The first-order valence-corrected chi connectivity index (χ1v) is 9.53. The smallest absolute Gasteiger partial charge is 0.188 e. The average Bonchev–Trinajstić information content (AvgIpc) is 3.21. The number of fused-ring (bicyclic) bond motifs is 2. The number of rotatable bonds is 4. The highest BCUT2D eigenvalue weighted by Crippen LogP contribution is 2.50. The summed E-state index contributed by atoms with van der Waals surface area (Å²) in [6, 6.07) is 4.31. The molecule has 2 aliphatic carbocycles. The predicted molar refractivity (Wildman–Crippen MR) is 97.5 cm³/mol. The Morgan fingerprint density at radius 1 is 1.15 bits per heavy atom. The van der Waals surface area contributed by atoms with Crippen LogP contribution in [-0.2, 0) is 35.3 Å². The molecule has 1 fully saturated rings. The Bertz CT molecular complexity index is 880. The number of methoxy groups -OCH3 is 1. The second-order valence-electron chi connectivity index (χ2n) is 7.43. The molecular weight excluding hydrogens is 352 g/mol. The first-order chi connectivity index (χ1) is 12.7. The van der Waals surface area contributed by atoms with Gasteiger partial charge in [-0.25, -0.2) is 0 Å². The van der Waals surface area contributed by atoms with E-state index in [-0.39, 0.29) is 12.4 Å². The molecule has 2 heterocycles. The van der Waals surface area contributed by atoms with Crippen molar-refractivity contribution < 1.29 is 14.2 Å². The number of aryl methyl sites for hydroxylation is 1. The van der Waals surface area contributed by atoms with Crippen molar-refractivity contribution in [1.29, 1.82) is 0 Å². The SMILES string of the molecule is COCOc1c(-c2nnc(Cl)c3c2CC2(CC2)OC3)ccc2c1CCC2. The van der Waals surface area contributed by atoms with Crippen LogP contribution >= 0.6 is 11.6 Å². The summed E-state index contributed by atoms with van der Waals surface area (Å²) in [5, 5.41) is 9.14. The highest BCUT2D eigenvalue weighted by molar-refractivity contribution is 6.30. The monoisotopic (exact) mass is 372 g/mol. The van der Waals surface area contributed by atoms with Gasteiger partial charge in [-0.05, 0) is 54.9 Å². The third-order valence-electron chi connectivity index (χ3n) is 5.77. The fraction of sp³-hybridized carbons (Fsp3) is 0.500. The Morgan fingerprint density at radius 3 is 2.85 bits per heavy atom. The minimum Gasteiger partial charge on any atom is -0.467 e. The molecule has 1 aromatic carbocycles. The van der Waals surface area contributed by atoms with E-state index in [1.54, 1.807) is 7.11 Å². The van der Waals surface area contributed by atoms with E-state index in [1.165, 1.54) is 11.1 Å². The summed E-state index contributed by atoms with van der Waals surface area (Å²) in [7, 11) is 1.64. The molecule has 3 aliphatic rings. The van der Waals surface area contributed by atoms with Crippen LogP contribution in [0, 0.1) is 0 Å². The molecule has 0 atom stereocenters. The zero-order valence-electron chi connectivity index (χ0n) is 14.8. The molecule has 0 N–H and O–H groups in total. The second kappa shape index (κ2) is 6.19. The number of ether oxygens (including phenoxy) is 3. The van der Waals surface area contributed by atoms with Crippen LogP contribution in [0.1, 0.15) is 41.5 Å². The van der Waals surface area contributed by atoms with Crippen LogP contribution in [-0.4, -0.2) is 29.7 Å². The third-order valence-corrected chi connectivity index (χ3v) is 6.08. The fourth-order valence-electron chi connectivity index (χ4n) is 4.20. The normalized spacial score (nSPS) is 19.3. The molecule has 0 amide bonds. The Kier molecular flexibility index (Phi) is 3.92. The molecule has 0 radical (unpaired) electrons. The third kappa shape index (κ3) is 2.61. The lowest BCUT2D eigenvalue weighted by Gasteiger charge is -2.27. The topological polar surface area (TPSA) is 53.5 Å². The highest BCUT2D eigenvalue weighted by Gasteiger charge is 2.48. The molecule has 0 bridgehead atoms. The van der Waals surface area contributed by atoms with E-state index in [9.17, 15) is 0 Å². The van der Waals surface area contributed by atoms with E-state index in [1.807, 2.05) is 0 Å². The molecule has 2 aromatic rings. The van der Waals surface area contributed by atoms with Crippen molar-refractivity contribution in [2.75, 3.05) is 13.9 Å². The van der Waals surface area contributed by atoms with Gasteiger partial charge in [0.05, 0.1) is 12.2 Å². The molecule has 5 nitrogen and oxygen atoms in total. The first kappa shape index (κ1) is 16.5.